The van der Waals surface area contributed by atoms with Gasteiger partial charge in [0.25, 0.3) is 5.91 Å². The molecule has 0 saturated heterocycles. The van der Waals surface area contributed by atoms with Gasteiger partial charge in [-0.1, -0.05) is 36.7 Å². The number of amides is 2. The maximum absolute atomic E-state index is 12.5. The minimum absolute atomic E-state index is 0.0261. The molecule has 3 rings (SSSR count). The molecule has 0 unspecified atom stereocenters. The van der Waals surface area contributed by atoms with Crippen molar-refractivity contribution in [3.05, 3.63) is 28.6 Å². The van der Waals surface area contributed by atoms with E-state index in [-0.39, 0.29) is 6.04 Å². The second-order valence-corrected chi connectivity index (χ2v) is 11.2. The molecule has 176 valence electrons. The van der Waals surface area contributed by atoms with E-state index >= 15 is 0 Å². The predicted octanol–water partition coefficient (Wildman–Crippen LogP) is 2.34. The summed E-state index contributed by atoms with van der Waals surface area (Å²) in [6, 6.07) is 5.97. The van der Waals surface area contributed by atoms with Crippen LogP contribution < -0.4 is 10.1 Å². The summed E-state index contributed by atoms with van der Waals surface area (Å²) < 4.78 is 33.1. The molecule has 1 saturated carbocycles. The van der Waals surface area contributed by atoms with Crippen LogP contribution in [0.15, 0.2) is 23.2 Å². The van der Waals surface area contributed by atoms with Crippen molar-refractivity contribution in [2.75, 3.05) is 24.7 Å². The van der Waals surface area contributed by atoms with Crippen LogP contribution in [0.4, 0.5) is 0 Å². The van der Waals surface area contributed by atoms with E-state index in [0.717, 1.165) is 47.9 Å². The lowest BCUT2D eigenvalue weighted by Gasteiger charge is -2.22. The molecule has 1 heterocycles. The van der Waals surface area contributed by atoms with Crippen LogP contribution in [0.5, 0.6) is 0 Å². The number of thiazole rings is 1. The van der Waals surface area contributed by atoms with Crippen molar-refractivity contribution in [1.29, 1.82) is 0 Å². The highest BCUT2D eigenvalue weighted by atomic mass is 32.2. The zero-order valence-electron chi connectivity index (χ0n) is 18.6. The number of nitrogens with zero attached hydrogens (tertiary/aromatic N) is 2. The molecule has 2 amide bonds. The van der Waals surface area contributed by atoms with Crippen LogP contribution >= 0.6 is 11.3 Å². The zero-order valence-corrected chi connectivity index (χ0v) is 20.3. The normalized spacial score (nSPS) is 15.9. The summed E-state index contributed by atoms with van der Waals surface area (Å²) in [6.45, 7) is 5.42. The number of nitrogens with one attached hydrogen (secondary N) is 1. The average Bonchev–Trinajstić information content (AvgIpc) is 3.03. The molecule has 1 fully saturated rings. The molecule has 0 radical (unpaired) electrons. The van der Waals surface area contributed by atoms with E-state index in [1.165, 1.54) is 11.3 Å². The molecule has 2 aromatic rings. The third kappa shape index (κ3) is 6.98. The number of sulfone groups is 1. The molecule has 0 bridgehead atoms. The van der Waals surface area contributed by atoms with Gasteiger partial charge in [-0.15, -0.1) is 0 Å². The van der Waals surface area contributed by atoms with E-state index in [1.54, 1.807) is 0 Å². The zero-order chi connectivity index (χ0) is 23.1. The first-order valence-corrected chi connectivity index (χ1v) is 13.7. The van der Waals surface area contributed by atoms with Crippen LogP contribution in [0.25, 0.3) is 10.2 Å². The van der Waals surface area contributed by atoms with Crippen LogP contribution in [0.1, 0.15) is 44.6 Å². The number of ether oxygens (including phenoxy) is 1. The van der Waals surface area contributed by atoms with Gasteiger partial charge in [-0.05, 0) is 44.4 Å². The topological polar surface area (TPSA) is 107 Å². The van der Waals surface area contributed by atoms with E-state index in [4.69, 9.17) is 4.74 Å². The van der Waals surface area contributed by atoms with Crippen LogP contribution in [-0.2, 0) is 30.7 Å². The van der Waals surface area contributed by atoms with Gasteiger partial charge in [-0.3, -0.25) is 9.59 Å². The Labute approximate surface area is 192 Å². The average molecular weight is 482 g/mol. The fraction of sp³-hybridized carbons (Fsp3) is 0.591. The highest BCUT2D eigenvalue weighted by molar-refractivity contribution is 7.92. The van der Waals surface area contributed by atoms with Crippen LogP contribution in [-0.4, -0.2) is 55.6 Å². The number of hydrogen-bond donors (Lipinski definition) is 1. The molecular formula is C22H31N3O5S2. The summed E-state index contributed by atoms with van der Waals surface area (Å²) in [7, 11) is -3.91. The van der Waals surface area contributed by atoms with Crippen LogP contribution in [0.2, 0.25) is 0 Å². The minimum Gasteiger partial charge on any atom is -0.380 e. The van der Waals surface area contributed by atoms with Crippen molar-refractivity contribution in [3.8, 4) is 0 Å². The Hall–Kier alpha value is -2.04. The third-order valence-electron chi connectivity index (χ3n) is 5.39. The maximum atomic E-state index is 12.5. The first kappa shape index (κ1) is 24.6. The minimum atomic E-state index is -3.91. The lowest BCUT2D eigenvalue weighted by atomic mass is 9.95. The van der Waals surface area contributed by atoms with Crippen molar-refractivity contribution in [2.45, 2.75) is 58.5 Å². The molecule has 0 aliphatic heterocycles. The number of aromatic nitrogens is 1. The predicted molar refractivity (Wildman–Crippen MR) is 125 cm³/mol. The Kier molecular flexibility index (Phi) is 8.61. The second kappa shape index (κ2) is 11.2. The third-order valence-corrected chi connectivity index (χ3v) is 7.82. The van der Waals surface area contributed by atoms with Crippen molar-refractivity contribution in [2.24, 2.45) is 4.99 Å². The molecule has 8 nitrogen and oxygen atoms in total. The van der Waals surface area contributed by atoms with Gasteiger partial charge in [-0.25, -0.2) is 8.42 Å². The van der Waals surface area contributed by atoms with E-state index in [9.17, 15) is 18.0 Å². The Morgan fingerprint density at radius 2 is 1.97 bits per heavy atom. The van der Waals surface area contributed by atoms with E-state index in [2.05, 4.69) is 10.3 Å². The van der Waals surface area contributed by atoms with Gasteiger partial charge in [0, 0.05) is 19.2 Å². The lowest BCUT2D eigenvalue weighted by Crippen LogP contribution is -2.40. The maximum Gasteiger partial charge on any atom is 0.263 e. The fourth-order valence-electron chi connectivity index (χ4n) is 3.88. The van der Waals surface area contributed by atoms with Crippen molar-refractivity contribution in [1.82, 2.24) is 9.88 Å². The summed E-state index contributed by atoms with van der Waals surface area (Å²) in [4.78, 5) is 29.2. The largest absolute Gasteiger partial charge is 0.380 e. The summed E-state index contributed by atoms with van der Waals surface area (Å²) in [5.41, 5.74) is 2.00. The second-order valence-electron chi connectivity index (χ2n) is 8.14. The first-order valence-electron chi connectivity index (χ1n) is 11.0. The van der Waals surface area contributed by atoms with Crippen molar-refractivity contribution in [3.63, 3.8) is 0 Å². The van der Waals surface area contributed by atoms with Crippen LogP contribution in [0.3, 0.4) is 0 Å². The molecule has 32 heavy (non-hydrogen) atoms. The standard InChI is InChI=1S/C22H31N3O5S2/c1-3-30-12-11-25-18-10-9-16(2)13-19(18)31-22(25)24-21(27)15-32(28,29)14-20(26)23-17-7-5-4-6-8-17/h9-10,13,17H,3-8,11-12,14-15H2,1-2H3,(H,23,26). The van der Waals surface area contributed by atoms with Gasteiger partial charge in [0.1, 0.15) is 11.5 Å². The van der Waals surface area contributed by atoms with Gasteiger partial charge < -0.3 is 14.6 Å². The molecule has 10 heteroatoms. The molecule has 1 aromatic carbocycles. The quantitative estimate of drug-likeness (QED) is 0.553. The Morgan fingerprint density at radius 3 is 2.69 bits per heavy atom. The SMILES string of the molecule is CCOCCn1c(=NC(=O)CS(=O)(=O)CC(=O)NC2CCCCC2)sc2cc(C)ccc21. The molecule has 1 N–H and O–H groups in total. The molecule has 1 aliphatic rings. The number of carbonyl (C=O) groups excluding carboxylic acids is 2. The van der Waals surface area contributed by atoms with Gasteiger partial charge in [0.15, 0.2) is 14.6 Å². The lowest BCUT2D eigenvalue weighted by molar-refractivity contribution is -0.119. The highest BCUT2D eigenvalue weighted by Gasteiger charge is 2.23. The molecule has 1 aliphatic carbocycles. The Balaban J connectivity index is 1.73. The first-order chi connectivity index (χ1) is 15.3. The molecular weight excluding hydrogens is 450 g/mol. The van der Waals surface area contributed by atoms with Crippen molar-refractivity contribution < 1.29 is 22.7 Å². The Morgan fingerprint density at radius 1 is 1.22 bits per heavy atom. The molecule has 1 aromatic heterocycles. The van der Waals surface area contributed by atoms with E-state index in [0.29, 0.717) is 24.6 Å². The van der Waals surface area contributed by atoms with Gasteiger partial charge in [-0.2, -0.15) is 4.99 Å². The molecule has 0 atom stereocenters. The summed E-state index contributed by atoms with van der Waals surface area (Å²) in [5, 5.41) is 2.78. The Bertz CT molecular complexity index is 1130. The fourth-order valence-corrected chi connectivity index (χ4v) is 6.07. The van der Waals surface area contributed by atoms with Crippen LogP contribution in [0, 0.1) is 6.92 Å². The number of fused-ring (bicyclic) bond motifs is 1. The summed E-state index contributed by atoms with van der Waals surface area (Å²) in [6.07, 6.45) is 4.95. The number of benzene rings is 1. The number of hydrogen-bond acceptors (Lipinski definition) is 6. The van der Waals surface area contributed by atoms with Gasteiger partial charge >= 0.3 is 0 Å². The van der Waals surface area contributed by atoms with Gasteiger partial charge in [0.2, 0.25) is 5.91 Å². The number of rotatable bonds is 9. The summed E-state index contributed by atoms with van der Waals surface area (Å²) in [5.74, 6) is -2.80. The van der Waals surface area contributed by atoms with Gasteiger partial charge in [0.05, 0.1) is 16.8 Å². The smallest absolute Gasteiger partial charge is 0.263 e. The monoisotopic (exact) mass is 481 g/mol. The number of carbonyl (C=O) groups is 2. The van der Waals surface area contributed by atoms with E-state index in [1.807, 2.05) is 36.6 Å². The van der Waals surface area contributed by atoms with Crippen molar-refractivity contribution >= 4 is 43.2 Å². The number of aryl methyl sites for hydroxylation is 1. The summed E-state index contributed by atoms with van der Waals surface area (Å²) >= 11 is 1.33. The van der Waals surface area contributed by atoms with E-state index < -0.39 is 33.2 Å². The molecule has 0 spiro atoms. The highest BCUT2D eigenvalue weighted by Crippen LogP contribution is 2.19.